The number of benzene rings is 3. The molecule has 4 atom stereocenters. The summed E-state index contributed by atoms with van der Waals surface area (Å²) in [5.41, 5.74) is -0.682. The van der Waals surface area contributed by atoms with Gasteiger partial charge in [0.25, 0.3) is 5.91 Å². The average molecular weight is 710 g/mol. The number of carbonyl (C=O) groups excluding carboxylic acids is 1. The van der Waals surface area contributed by atoms with Gasteiger partial charge >= 0.3 is 12.1 Å². The van der Waals surface area contributed by atoms with Crippen LogP contribution in [0.4, 0.5) is 23.2 Å². The summed E-state index contributed by atoms with van der Waals surface area (Å²) >= 11 is 0. The minimum Gasteiger partial charge on any atom is -0.497 e. The maximum atomic E-state index is 17.6. The standard InChI is InChI=1S/C39H43F4N3O5/c1-50-31-12-7-25(8-13-31)34-22-46(30-10-14-32(51-2)15-11-30)23-38(34,40)37(49)45-20-27-18-44(19-28(27)21-45)35-16-9-29(39(41,42)43)17-33(35)24-3-5-26(6-4-24)36(47)48/h3-9,12-13,16-17,27-28,30,32,34H,10-11,14-15,18-23H2,1-2H3,(H,47,48)/t27-,28+,30?,32?,34-,38-/m0/s1. The Hall–Kier alpha value is -4.16. The summed E-state index contributed by atoms with van der Waals surface area (Å²) < 4.78 is 69.8. The highest BCUT2D eigenvalue weighted by molar-refractivity contribution is 5.89. The van der Waals surface area contributed by atoms with E-state index in [-0.39, 0.29) is 36.1 Å². The summed E-state index contributed by atoms with van der Waals surface area (Å²) in [6, 6.07) is 16.9. The Bertz CT molecular complexity index is 1730. The van der Waals surface area contributed by atoms with Crippen LogP contribution in [0.2, 0.25) is 0 Å². The van der Waals surface area contributed by atoms with E-state index < -0.39 is 35.2 Å². The Morgan fingerprint density at radius 2 is 1.49 bits per heavy atom. The first kappa shape index (κ1) is 35.3. The molecular weight excluding hydrogens is 666 g/mol. The topological polar surface area (TPSA) is 82.6 Å². The van der Waals surface area contributed by atoms with Crippen LogP contribution in [0.5, 0.6) is 5.75 Å². The SMILES string of the molecule is COc1ccc([C@@H]2CN(C3CCC(OC)CC3)C[C@@]2(F)C(=O)N2C[C@@H]3CN(c4ccc(C(F)(F)F)cc4-c4ccc(C(=O)O)cc4)C[C@@H]3C2)cc1. The molecule has 0 radical (unpaired) electrons. The second-order valence-corrected chi connectivity index (χ2v) is 14.5. The minimum absolute atomic E-state index is 0.0170. The molecule has 51 heavy (non-hydrogen) atoms. The lowest BCUT2D eigenvalue weighted by molar-refractivity contribution is -0.143. The highest BCUT2D eigenvalue weighted by atomic mass is 19.4. The first-order valence-electron chi connectivity index (χ1n) is 17.6. The molecule has 4 fully saturated rings. The smallest absolute Gasteiger partial charge is 0.416 e. The molecule has 7 rings (SSSR count). The maximum absolute atomic E-state index is 17.6. The number of hydrogen-bond acceptors (Lipinski definition) is 6. The summed E-state index contributed by atoms with van der Waals surface area (Å²) in [4.78, 5) is 31.6. The zero-order valence-corrected chi connectivity index (χ0v) is 28.7. The molecule has 4 aliphatic rings. The van der Waals surface area contributed by atoms with Crippen molar-refractivity contribution in [3.8, 4) is 16.9 Å². The average Bonchev–Trinajstić information content (AvgIpc) is 3.83. The number of carboxylic acid groups (broad SMARTS) is 1. The van der Waals surface area contributed by atoms with Crippen molar-refractivity contribution in [3.05, 3.63) is 83.4 Å². The lowest BCUT2D eigenvalue weighted by Crippen LogP contribution is -2.51. The van der Waals surface area contributed by atoms with Crippen LogP contribution in [0.1, 0.15) is 53.1 Å². The number of anilines is 1. The third kappa shape index (κ3) is 6.80. The molecule has 0 spiro atoms. The molecule has 1 N–H and O–H groups in total. The predicted octanol–water partition coefficient (Wildman–Crippen LogP) is 6.74. The van der Waals surface area contributed by atoms with E-state index in [0.29, 0.717) is 55.3 Å². The summed E-state index contributed by atoms with van der Waals surface area (Å²) in [7, 11) is 3.30. The molecule has 3 aromatic carbocycles. The van der Waals surface area contributed by atoms with Gasteiger partial charge in [-0.1, -0.05) is 24.3 Å². The van der Waals surface area contributed by atoms with Crippen LogP contribution in [-0.2, 0) is 15.7 Å². The number of ether oxygens (including phenoxy) is 2. The number of carboxylic acids is 1. The fourth-order valence-corrected chi connectivity index (χ4v) is 8.83. The van der Waals surface area contributed by atoms with E-state index in [1.54, 1.807) is 31.3 Å². The number of halogens is 4. The normalized spacial score (nSPS) is 28.2. The monoisotopic (exact) mass is 709 g/mol. The van der Waals surface area contributed by atoms with Gasteiger partial charge in [0.15, 0.2) is 0 Å². The van der Waals surface area contributed by atoms with E-state index >= 15 is 4.39 Å². The molecule has 3 heterocycles. The van der Waals surface area contributed by atoms with Gasteiger partial charge in [0.05, 0.1) is 24.3 Å². The third-order valence-corrected chi connectivity index (χ3v) is 11.7. The summed E-state index contributed by atoms with van der Waals surface area (Å²) in [5, 5.41) is 9.32. The molecule has 0 unspecified atom stereocenters. The molecular formula is C39H43F4N3O5. The van der Waals surface area contributed by atoms with E-state index in [2.05, 4.69) is 4.90 Å². The Balaban J connectivity index is 1.10. The zero-order valence-electron chi connectivity index (χ0n) is 28.7. The Kier molecular flexibility index (Phi) is 9.51. The Morgan fingerprint density at radius 3 is 2.06 bits per heavy atom. The van der Waals surface area contributed by atoms with Gasteiger partial charge in [-0.3, -0.25) is 9.69 Å². The summed E-state index contributed by atoms with van der Waals surface area (Å²) in [5.74, 6) is -1.57. The number of rotatable bonds is 8. The van der Waals surface area contributed by atoms with Crippen LogP contribution in [0.25, 0.3) is 11.1 Å². The lowest BCUT2D eigenvalue weighted by Gasteiger charge is -2.34. The van der Waals surface area contributed by atoms with Crippen molar-refractivity contribution in [3.63, 3.8) is 0 Å². The van der Waals surface area contributed by atoms with Gasteiger partial charge in [-0.15, -0.1) is 0 Å². The molecule has 8 nitrogen and oxygen atoms in total. The first-order chi connectivity index (χ1) is 24.4. The highest BCUT2D eigenvalue weighted by Crippen LogP contribution is 2.46. The number of aromatic carboxylic acids is 1. The van der Waals surface area contributed by atoms with E-state index in [4.69, 9.17) is 9.47 Å². The highest BCUT2D eigenvalue weighted by Gasteiger charge is 2.58. The number of nitrogens with zero attached hydrogens (tertiary/aromatic N) is 3. The van der Waals surface area contributed by atoms with Crippen molar-refractivity contribution >= 4 is 17.6 Å². The van der Waals surface area contributed by atoms with Gasteiger partial charge in [-0.05, 0) is 79.3 Å². The number of hydrogen-bond donors (Lipinski definition) is 1. The molecule has 0 aromatic heterocycles. The molecule has 3 aromatic rings. The fourth-order valence-electron chi connectivity index (χ4n) is 8.83. The molecule has 12 heteroatoms. The predicted molar refractivity (Wildman–Crippen MR) is 184 cm³/mol. The molecule has 1 amide bonds. The zero-order chi connectivity index (χ0) is 36.1. The van der Waals surface area contributed by atoms with Crippen molar-refractivity contribution in [2.75, 3.05) is 58.4 Å². The van der Waals surface area contributed by atoms with E-state index in [9.17, 15) is 27.9 Å². The largest absolute Gasteiger partial charge is 0.497 e. The van der Waals surface area contributed by atoms with Crippen molar-refractivity contribution in [1.82, 2.24) is 9.80 Å². The van der Waals surface area contributed by atoms with Crippen LogP contribution >= 0.6 is 0 Å². The quantitative estimate of drug-likeness (QED) is 0.260. The molecule has 272 valence electrons. The van der Waals surface area contributed by atoms with Gasteiger partial charge in [0.1, 0.15) is 5.75 Å². The van der Waals surface area contributed by atoms with Crippen molar-refractivity contribution in [2.24, 2.45) is 11.8 Å². The number of carbonyl (C=O) groups is 2. The van der Waals surface area contributed by atoms with E-state index in [1.165, 1.54) is 30.3 Å². The molecule has 3 aliphatic heterocycles. The van der Waals surface area contributed by atoms with Crippen molar-refractivity contribution in [2.45, 2.75) is 55.6 Å². The van der Waals surface area contributed by atoms with Crippen LogP contribution in [-0.4, -0.2) is 98.1 Å². The molecule has 1 aliphatic carbocycles. The first-order valence-corrected chi connectivity index (χ1v) is 17.6. The van der Waals surface area contributed by atoms with Gasteiger partial charge in [-0.25, -0.2) is 9.18 Å². The minimum atomic E-state index is -4.55. The second-order valence-electron chi connectivity index (χ2n) is 14.5. The third-order valence-electron chi connectivity index (χ3n) is 11.7. The Labute approximate surface area is 294 Å². The van der Waals surface area contributed by atoms with Crippen molar-refractivity contribution < 1.29 is 41.7 Å². The number of fused-ring (bicyclic) bond motifs is 1. The van der Waals surface area contributed by atoms with Gasteiger partial charge in [-0.2, -0.15) is 13.2 Å². The van der Waals surface area contributed by atoms with E-state index in [0.717, 1.165) is 43.4 Å². The van der Waals surface area contributed by atoms with Gasteiger partial charge in [0, 0.05) is 81.4 Å². The van der Waals surface area contributed by atoms with Crippen LogP contribution in [0, 0.1) is 11.8 Å². The van der Waals surface area contributed by atoms with Crippen molar-refractivity contribution in [1.29, 1.82) is 0 Å². The van der Waals surface area contributed by atoms with E-state index in [1.807, 2.05) is 17.0 Å². The summed E-state index contributed by atoms with van der Waals surface area (Å²) in [6.45, 7) is 2.19. The molecule has 3 saturated heterocycles. The van der Waals surface area contributed by atoms with Gasteiger partial charge < -0.3 is 24.4 Å². The Morgan fingerprint density at radius 1 is 0.843 bits per heavy atom. The van der Waals surface area contributed by atoms with Crippen LogP contribution in [0.15, 0.2) is 66.7 Å². The van der Waals surface area contributed by atoms with Gasteiger partial charge in [0.2, 0.25) is 5.67 Å². The number of methoxy groups -OCH3 is 2. The second kappa shape index (κ2) is 13.8. The molecule has 0 bridgehead atoms. The summed E-state index contributed by atoms with van der Waals surface area (Å²) in [6.07, 6.45) is -0.772. The van der Waals surface area contributed by atoms with Crippen LogP contribution in [0.3, 0.4) is 0 Å². The fraction of sp³-hybridized carbons (Fsp3) is 0.487. The number of alkyl halides is 4. The number of likely N-dealkylation sites (tertiary alicyclic amines) is 2. The van der Waals surface area contributed by atoms with Crippen LogP contribution < -0.4 is 9.64 Å². The number of amides is 1. The molecule has 1 saturated carbocycles. The lowest BCUT2D eigenvalue weighted by atomic mass is 9.85. The maximum Gasteiger partial charge on any atom is 0.416 e.